The van der Waals surface area contributed by atoms with E-state index in [0.29, 0.717) is 0 Å². The van der Waals surface area contributed by atoms with Crippen LogP contribution < -0.4 is 0 Å². The lowest BCUT2D eigenvalue weighted by Crippen LogP contribution is -2.64. The van der Waals surface area contributed by atoms with E-state index in [1.807, 2.05) is 0 Å². The number of rotatable bonds is 4. The summed E-state index contributed by atoms with van der Waals surface area (Å²) < 4.78 is 15.3. The molecule has 148 valence electrons. The van der Waals surface area contributed by atoms with Crippen LogP contribution in [0, 0.1) is 0 Å². The van der Waals surface area contributed by atoms with E-state index in [2.05, 4.69) is 13.2 Å². The molecular weight excluding hydrogens is 344 g/mol. The van der Waals surface area contributed by atoms with Gasteiger partial charge in [0, 0.05) is 0 Å². The fourth-order valence-electron chi connectivity index (χ4n) is 2.57. The molecule has 0 aromatic heterocycles. The highest BCUT2D eigenvalue weighted by Crippen LogP contribution is 2.28. The van der Waals surface area contributed by atoms with Crippen molar-refractivity contribution in [1.82, 2.24) is 0 Å². The summed E-state index contributed by atoms with van der Waals surface area (Å²) in [6.07, 6.45) is -15.6. The third-order valence-corrected chi connectivity index (χ3v) is 3.98. The fraction of sp³-hybridized carbons (Fsp3) is 0.857. The van der Waals surface area contributed by atoms with Crippen LogP contribution in [0.5, 0.6) is 0 Å². The Morgan fingerprint density at radius 3 is 1.76 bits per heavy atom. The van der Waals surface area contributed by atoms with E-state index < -0.39 is 74.6 Å². The van der Waals surface area contributed by atoms with Gasteiger partial charge in [-0.15, -0.1) is 13.2 Å². The van der Waals surface area contributed by atoms with Gasteiger partial charge in [0.15, 0.2) is 12.6 Å². The Bertz CT molecular complexity index is 393. The van der Waals surface area contributed by atoms with Gasteiger partial charge in [-0.05, 0) is 0 Å². The van der Waals surface area contributed by atoms with Crippen LogP contribution in [0.2, 0.25) is 0 Å². The Balaban J connectivity index is 0.00000151. The first-order chi connectivity index (χ1) is 11.8. The number of aliphatic hydroxyl groups is 8. The van der Waals surface area contributed by atoms with Gasteiger partial charge in [-0.3, -0.25) is 0 Å². The predicted molar refractivity (Wildman–Crippen MR) is 79.9 cm³/mol. The maximum atomic E-state index is 9.94. The average molecular weight is 370 g/mol. The number of ether oxygens (including phenoxy) is 3. The normalized spacial score (nSPS) is 47.7. The second-order valence-corrected chi connectivity index (χ2v) is 5.53. The van der Waals surface area contributed by atoms with Crippen molar-refractivity contribution >= 4 is 0 Å². The molecule has 0 bridgehead atoms. The molecule has 25 heavy (non-hydrogen) atoms. The zero-order valence-electron chi connectivity index (χ0n) is 13.4. The Labute approximate surface area is 143 Å². The lowest BCUT2D eigenvalue weighted by Gasteiger charge is -2.45. The van der Waals surface area contributed by atoms with Gasteiger partial charge in [0.05, 0.1) is 13.2 Å². The molecule has 2 saturated heterocycles. The topological polar surface area (TPSA) is 190 Å². The molecule has 10 atom stereocenters. The van der Waals surface area contributed by atoms with Gasteiger partial charge in [-0.1, -0.05) is 0 Å². The molecule has 2 fully saturated rings. The SMILES string of the molecule is C=C.OC[C@H]1O[C@@H](O[C@H]2[C@H](O)[C@@H](O)C(O)O[C@@H]2CO)[C@H](O)[C@@H](O)[C@H]1O. The van der Waals surface area contributed by atoms with Gasteiger partial charge in [-0.2, -0.15) is 0 Å². The van der Waals surface area contributed by atoms with Crippen LogP contribution in [0.25, 0.3) is 0 Å². The van der Waals surface area contributed by atoms with Crippen LogP contribution >= 0.6 is 0 Å². The van der Waals surface area contributed by atoms with E-state index in [1.54, 1.807) is 0 Å². The zero-order valence-corrected chi connectivity index (χ0v) is 13.4. The molecule has 0 spiro atoms. The summed E-state index contributed by atoms with van der Waals surface area (Å²) in [7, 11) is 0. The number of aliphatic hydroxyl groups excluding tert-OH is 8. The van der Waals surface area contributed by atoms with E-state index in [0.717, 1.165) is 0 Å². The van der Waals surface area contributed by atoms with E-state index in [-0.39, 0.29) is 0 Å². The number of hydrogen-bond acceptors (Lipinski definition) is 11. The molecule has 0 aliphatic carbocycles. The lowest BCUT2D eigenvalue weighted by molar-refractivity contribution is -0.355. The Morgan fingerprint density at radius 2 is 1.24 bits per heavy atom. The summed E-state index contributed by atoms with van der Waals surface area (Å²) in [5.41, 5.74) is 0. The first-order valence-electron chi connectivity index (χ1n) is 7.58. The van der Waals surface area contributed by atoms with Crippen molar-refractivity contribution in [1.29, 1.82) is 0 Å². The van der Waals surface area contributed by atoms with Crippen molar-refractivity contribution in [3.8, 4) is 0 Å². The minimum Gasteiger partial charge on any atom is -0.394 e. The highest BCUT2D eigenvalue weighted by Gasteiger charge is 2.50. The molecule has 8 N–H and O–H groups in total. The summed E-state index contributed by atoms with van der Waals surface area (Å²) in [6, 6.07) is 0. The van der Waals surface area contributed by atoms with Gasteiger partial charge < -0.3 is 55.1 Å². The standard InChI is InChI=1S/C12H22O11.C2H4/c13-1-3-5(15)6(16)9(19)12(22-3)23-10-4(2-14)21-11(20)8(18)7(10)17;1-2/h3-20H,1-2H2;1-2H2/t3-,4-,5+,6+,7-,8-,9-,10-,11?,12+;/m1./s1. The van der Waals surface area contributed by atoms with Crippen LogP contribution in [0.4, 0.5) is 0 Å². The minimum absolute atomic E-state index is 0.667. The molecule has 0 radical (unpaired) electrons. The molecule has 0 aromatic rings. The molecule has 0 saturated carbocycles. The van der Waals surface area contributed by atoms with Crippen molar-refractivity contribution in [2.75, 3.05) is 13.2 Å². The molecule has 0 aromatic carbocycles. The average Bonchev–Trinajstić information content (AvgIpc) is 2.63. The van der Waals surface area contributed by atoms with Crippen molar-refractivity contribution in [2.45, 2.75) is 61.4 Å². The van der Waals surface area contributed by atoms with Crippen LogP contribution in [0.1, 0.15) is 0 Å². The Kier molecular flexibility index (Phi) is 8.80. The summed E-state index contributed by atoms with van der Waals surface area (Å²) in [6.45, 7) is 4.65. The maximum absolute atomic E-state index is 9.94. The second kappa shape index (κ2) is 9.85. The Morgan fingerprint density at radius 1 is 0.680 bits per heavy atom. The highest BCUT2D eigenvalue weighted by atomic mass is 16.7. The molecule has 2 aliphatic heterocycles. The summed E-state index contributed by atoms with van der Waals surface area (Å²) >= 11 is 0. The molecule has 11 heteroatoms. The van der Waals surface area contributed by atoms with Crippen LogP contribution in [0.15, 0.2) is 13.2 Å². The highest BCUT2D eigenvalue weighted by molar-refractivity contribution is 4.93. The molecule has 1 unspecified atom stereocenters. The van der Waals surface area contributed by atoms with Crippen molar-refractivity contribution in [2.24, 2.45) is 0 Å². The van der Waals surface area contributed by atoms with Crippen LogP contribution in [-0.2, 0) is 14.2 Å². The monoisotopic (exact) mass is 370 g/mol. The van der Waals surface area contributed by atoms with Crippen molar-refractivity contribution < 1.29 is 55.1 Å². The molecule has 11 nitrogen and oxygen atoms in total. The van der Waals surface area contributed by atoms with E-state index in [9.17, 15) is 35.7 Å². The smallest absolute Gasteiger partial charge is 0.187 e. The van der Waals surface area contributed by atoms with Crippen LogP contribution in [-0.4, -0.2) is 115 Å². The van der Waals surface area contributed by atoms with Gasteiger partial charge in [0.1, 0.15) is 48.8 Å². The van der Waals surface area contributed by atoms with E-state index in [1.165, 1.54) is 0 Å². The fourth-order valence-corrected chi connectivity index (χ4v) is 2.57. The van der Waals surface area contributed by atoms with Gasteiger partial charge >= 0.3 is 0 Å². The first kappa shape index (κ1) is 22.3. The summed E-state index contributed by atoms with van der Waals surface area (Å²) in [5.74, 6) is 0. The third-order valence-electron chi connectivity index (χ3n) is 3.98. The first-order valence-corrected chi connectivity index (χ1v) is 7.58. The van der Waals surface area contributed by atoms with Gasteiger partial charge in [0.25, 0.3) is 0 Å². The molecule has 2 rings (SSSR count). The minimum atomic E-state index is -1.74. The molecule has 0 amide bonds. The molecule has 2 aliphatic rings. The van der Waals surface area contributed by atoms with Gasteiger partial charge in [-0.25, -0.2) is 0 Å². The quantitative estimate of drug-likeness (QED) is 0.222. The Hall–Kier alpha value is -0.700. The third kappa shape index (κ3) is 4.72. The summed E-state index contributed by atoms with van der Waals surface area (Å²) in [5, 5.41) is 76.5. The van der Waals surface area contributed by atoms with E-state index >= 15 is 0 Å². The van der Waals surface area contributed by atoms with Crippen LogP contribution in [0.3, 0.4) is 0 Å². The maximum Gasteiger partial charge on any atom is 0.187 e. The van der Waals surface area contributed by atoms with E-state index in [4.69, 9.17) is 19.3 Å². The second-order valence-electron chi connectivity index (χ2n) is 5.53. The summed E-state index contributed by atoms with van der Waals surface area (Å²) in [4.78, 5) is 0. The van der Waals surface area contributed by atoms with Crippen molar-refractivity contribution in [3.05, 3.63) is 13.2 Å². The lowest BCUT2D eigenvalue weighted by atomic mass is 9.97. The zero-order chi connectivity index (χ0) is 19.3. The molecular formula is C14H26O11. The van der Waals surface area contributed by atoms with Gasteiger partial charge in [0.2, 0.25) is 0 Å². The predicted octanol–water partition coefficient (Wildman–Crippen LogP) is -4.59. The largest absolute Gasteiger partial charge is 0.394 e. The molecule has 2 heterocycles. The number of hydrogen-bond donors (Lipinski definition) is 8. The van der Waals surface area contributed by atoms with Crippen molar-refractivity contribution in [3.63, 3.8) is 0 Å².